The molecule has 2 aliphatic rings. The molecule has 4 rings (SSSR count). The van der Waals surface area contributed by atoms with Crippen molar-refractivity contribution < 1.29 is 24.2 Å². The maximum absolute atomic E-state index is 13.1. The van der Waals surface area contributed by atoms with Crippen molar-refractivity contribution in [2.24, 2.45) is 0 Å². The van der Waals surface area contributed by atoms with Crippen LogP contribution in [0.25, 0.3) is 0 Å². The Morgan fingerprint density at radius 2 is 1.74 bits per heavy atom. The summed E-state index contributed by atoms with van der Waals surface area (Å²) in [4.78, 5) is 31.9. The highest BCUT2D eigenvalue weighted by molar-refractivity contribution is 5.97. The lowest BCUT2D eigenvalue weighted by Gasteiger charge is -2.41. The maximum Gasteiger partial charge on any atom is 0.253 e. The molecule has 2 heterocycles. The van der Waals surface area contributed by atoms with Crippen molar-refractivity contribution in [2.45, 2.75) is 58.1 Å². The number of rotatable bonds is 13. The second-order valence-electron chi connectivity index (χ2n) is 10.4. The molecule has 39 heavy (non-hydrogen) atoms. The summed E-state index contributed by atoms with van der Waals surface area (Å²) in [5.74, 6) is 0.921. The first kappa shape index (κ1) is 29.1. The molecule has 8 heteroatoms. The molecule has 212 valence electrons. The minimum Gasteiger partial charge on any atom is -0.494 e. The third kappa shape index (κ3) is 7.81. The number of aryl methyl sites for hydroxylation is 1. The van der Waals surface area contributed by atoms with Crippen LogP contribution in [-0.4, -0.2) is 91.4 Å². The van der Waals surface area contributed by atoms with Crippen LogP contribution in [0.2, 0.25) is 0 Å². The summed E-state index contributed by atoms with van der Waals surface area (Å²) in [6.45, 7) is 9.25. The van der Waals surface area contributed by atoms with Crippen molar-refractivity contribution in [2.75, 3.05) is 57.4 Å². The van der Waals surface area contributed by atoms with Gasteiger partial charge in [0.25, 0.3) is 5.91 Å². The predicted molar refractivity (Wildman–Crippen MR) is 152 cm³/mol. The number of carbonyl (C=O) groups is 2. The number of likely N-dealkylation sites (tertiary alicyclic amines) is 1. The van der Waals surface area contributed by atoms with Crippen LogP contribution < -0.4 is 9.64 Å². The number of hydrogen-bond donors (Lipinski definition) is 1. The van der Waals surface area contributed by atoms with Crippen molar-refractivity contribution in [3.05, 3.63) is 59.7 Å². The first-order valence-corrected chi connectivity index (χ1v) is 14.4. The highest BCUT2D eigenvalue weighted by Crippen LogP contribution is 2.32. The van der Waals surface area contributed by atoms with E-state index in [9.17, 15) is 14.7 Å². The Morgan fingerprint density at radius 3 is 2.46 bits per heavy atom. The van der Waals surface area contributed by atoms with Crippen LogP contribution in [-0.2, 0) is 16.0 Å². The molecule has 0 spiro atoms. The summed E-state index contributed by atoms with van der Waals surface area (Å²) in [5, 5.41) is 10.1. The molecule has 2 aromatic rings. The molecule has 1 saturated heterocycles. The number of carbonyl (C=O) groups excluding carboxylic acids is 2. The maximum atomic E-state index is 13.1. The highest BCUT2D eigenvalue weighted by atomic mass is 16.5. The SMILES string of the molecule is CCN(CC)CC(O)COCCCOc1ccc(C(=O)N2CCC(N3C(=O)CCc4ccccc43)CC2)cc1. The van der Waals surface area contributed by atoms with E-state index in [0.29, 0.717) is 57.2 Å². The zero-order valence-electron chi connectivity index (χ0n) is 23.4. The van der Waals surface area contributed by atoms with Gasteiger partial charge in [0.2, 0.25) is 5.91 Å². The summed E-state index contributed by atoms with van der Waals surface area (Å²) in [6, 6.07) is 15.6. The minimum atomic E-state index is -0.481. The number of anilines is 1. The summed E-state index contributed by atoms with van der Waals surface area (Å²) < 4.78 is 11.4. The summed E-state index contributed by atoms with van der Waals surface area (Å²) in [5.41, 5.74) is 2.91. The van der Waals surface area contributed by atoms with Gasteiger partial charge >= 0.3 is 0 Å². The second-order valence-corrected chi connectivity index (χ2v) is 10.4. The van der Waals surface area contributed by atoms with E-state index in [1.54, 1.807) is 0 Å². The van der Waals surface area contributed by atoms with E-state index in [4.69, 9.17) is 9.47 Å². The molecule has 0 aliphatic carbocycles. The average Bonchev–Trinajstić information content (AvgIpc) is 2.97. The molecule has 0 bridgehead atoms. The van der Waals surface area contributed by atoms with Gasteiger partial charge in [-0.1, -0.05) is 32.0 Å². The third-order valence-corrected chi connectivity index (χ3v) is 7.72. The summed E-state index contributed by atoms with van der Waals surface area (Å²) in [7, 11) is 0. The van der Waals surface area contributed by atoms with Gasteiger partial charge in [-0.15, -0.1) is 0 Å². The van der Waals surface area contributed by atoms with Gasteiger partial charge in [0.05, 0.1) is 19.3 Å². The van der Waals surface area contributed by atoms with Gasteiger partial charge < -0.3 is 29.3 Å². The lowest BCUT2D eigenvalue weighted by Crippen LogP contribution is -2.50. The molecule has 2 aliphatic heterocycles. The molecule has 0 saturated carbocycles. The summed E-state index contributed by atoms with van der Waals surface area (Å²) in [6.07, 6.45) is 3.15. The van der Waals surface area contributed by atoms with Crippen LogP contribution in [0, 0.1) is 0 Å². The monoisotopic (exact) mass is 537 g/mol. The number of aliphatic hydroxyl groups excluding tert-OH is 1. The fraction of sp³-hybridized carbons (Fsp3) is 0.548. The number of nitrogens with zero attached hydrogens (tertiary/aromatic N) is 3. The zero-order valence-corrected chi connectivity index (χ0v) is 23.4. The van der Waals surface area contributed by atoms with E-state index in [2.05, 4.69) is 24.8 Å². The highest BCUT2D eigenvalue weighted by Gasteiger charge is 2.33. The zero-order chi connectivity index (χ0) is 27.6. The van der Waals surface area contributed by atoms with Crippen molar-refractivity contribution in [3.8, 4) is 5.75 Å². The van der Waals surface area contributed by atoms with Gasteiger partial charge in [0.1, 0.15) is 5.75 Å². The standard InChI is InChI=1S/C31H43N3O5/c1-3-32(4-2)22-27(35)23-38-20-7-21-39-28-13-10-25(11-14-28)31(37)33-18-16-26(17-19-33)34-29-9-6-5-8-24(29)12-15-30(34)36/h5-6,8-11,13-14,26-27,35H,3-4,7,12,15-23H2,1-2H3. The lowest BCUT2D eigenvalue weighted by molar-refractivity contribution is -0.119. The molecule has 1 N–H and O–H groups in total. The van der Waals surface area contributed by atoms with Gasteiger partial charge in [0, 0.05) is 56.4 Å². The minimum absolute atomic E-state index is 0.0158. The van der Waals surface area contributed by atoms with E-state index in [0.717, 1.165) is 44.5 Å². The molecular formula is C31H43N3O5. The van der Waals surface area contributed by atoms with Crippen molar-refractivity contribution in [1.29, 1.82) is 0 Å². The Bertz CT molecular complexity index is 1060. The fourth-order valence-electron chi connectivity index (χ4n) is 5.46. The molecule has 1 atom stereocenters. The number of amides is 2. The van der Waals surface area contributed by atoms with Gasteiger partial charge in [-0.25, -0.2) is 0 Å². The Hall–Kier alpha value is -2.94. The van der Waals surface area contributed by atoms with E-state index >= 15 is 0 Å². The molecule has 8 nitrogen and oxygen atoms in total. The predicted octanol–water partition coefficient (Wildman–Crippen LogP) is 3.76. The topological polar surface area (TPSA) is 82.6 Å². The number of hydrogen-bond acceptors (Lipinski definition) is 6. The van der Waals surface area contributed by atoms with Crippen molar-refractivity contribution >= 4 is 17.5 Å². The molecule has 1 unspecified atom stereocenters. The molecule has 0 aromatic heterocycles. The number of para-hydroxylation sites is 1. The number of piperidine rings is 1. The molecule has 0 radical (unpaired) electrons. The number of benzene rings is 2. The van der Waals surface area contributed by atoms with Crippen LogP contribution in [0.1, 0.15) is 55.5 Å². The number of likely N-dealkylation sites (N-methyl/N-ethyl adjacent to an activating group) is 1. The smallest absolute Gasteiger partial charge is 0.253 e. The van der Waals surface area contributed by atoms with Crippen molar-refractivity contribution in [1.82, 2.24) is 9.80 Å². The van der Waals surface area contributed by atoms with E-state index < -0.39 is 6.10 Å². The van der Waals surface area contributed by atoms with Crippen LogP contribution in [0.3, 0.4) is 0 Å². The van der Waals surface area contributed by atoms with Gasteiger partial charge in [-0.2, -0.15) is 0 Å². The second kappa shape index (κ2) is 14.4. The largest absolute Gasteiger partial charge is 0.494 e. The van der Waals surface area contributed by atoms with E-state index in [1.165, 1.54) is 5.56 Å². The van der Waals surface area contributed by atoms with Crippen LogP contribution in [0.4, 0.5) is 5.69 Å². The number of fused-ring (bicyclic) bond motifs is 1. The molecule has 2 amide bonds. The third-order valence-electron chi connectivity index (χ3n) is 7.72. The van der Waals surface area contributed by atoms with Crippen LogP contribution in [0.15, 0.2) is 48.5 Å². The molecule has 2 aromatic carbocycles. The Morgan fingerprint density at radius 1 is 1.03 bits per heavy atom. The normalized spacial score (nSPS) is 16.9. The van der Waals surface area contributed by atoms with Gasteiger partial charge in [-0.3, -0.25) is 9.59 Å². The van der Waals surface area contributed by atoms with E-state index in [-0.39, 0.29) is 17.9 Å². The number of aliphatic hydroxyl groups is 1. The summed E-state index contributed by atoms with van der Waals surface area (Å²) >= 11 is 0. The lowest BCUT2D eigenvalue weighted by atomic mass is 9.95. The first-order chi connectivity index (χ1) is 19.0. The van der Waals surface area contributed by atoms with Gasteiger partial charge in [-0.05, 0) is 68.2 Å². The average molecular weight is 538 g/mol. The Kier molecular flexibility index (Phi) is 10.8. The quantitative estimate of drug-likeness (QED) is 0.392. The molecule has 1 fully saturated rings. The Balaban J connectivity index is 1.17. The molecular weight excluding hydrogens is 494 g/mol. The van der Waals surface area contributed by atoms with Crippen LogP contribution >= 0.6 is 0 Å². The van der Waals surface area contributed by atoms with E-state index in [1.807, 2.05) is 52.3 Å². The fourth-order valence-corrected chi connectivity index (χ4v) is 5.46. The van der Waals surface area contributed by atoms with Gasteiger partial charge in [0.15, 0.2) is 0 Å². The Labute approximate surface area is 232 Å². The number of ether oxygens (including phenoxy) is 2. The van der Waals surface area contributed by atoms with Crippen molar-refractivity contribution in [3.63, 3.8) is 0 Å². The van der Waals surface area contributed by atoms with Crippen LogP contribution in [0.5, 0.6) is 5.75 Å². The first-order valence-electron chi connectivity index (χ1n) is 14.4.